The van der Waals surface area contributed by atoms with Crippen LogP contribution in [0.4, 0.5) is 0 Å². The van der Waals surface area contributed by atoms with E-state index < -0.39 is 51.1 Å². The highest BCUT2D eigenvalue weighted by molar-refractivity contribution is 7.47. The van der Waals surface area contributed by atoms with E-state index in [0.717, 1.165) is 44.9 Å². The summed E-state index contributed by atoms with van der Waals surface area (Å²) < 4.78 is 38.4. The van der Waals surface area contributed by atoms with Crippen molar-refractivity contribution in [1.29, 1.82) is 0 Å². The zero-order chi connectivity index (χ0) is 41.8. The first-order valence-corrected chi connectivity index (χ1v) is 23.6. The summed E-state index contributed by atoms with van der Waals surface area (Å²) in [7, 11) is -4.73. The number of carboxylic acid groups (broad SMARTS) is 1. The third kappa shape index (κ3) is 33.2. The number of epoxide rings is 1. The van der Waals surface area contributed by atoms with Gasteiger partial charge in [-0.1, -0.05) is 153 Å². The maximum Gasteiger partial charge on any atom is 0.472 e. The van der Waals surface area contributed by atoms with Gasteiger partial charge in [0.25, 0.3) is 0 Å². The molecule has 4 N–H and O–H groups in total. The third-order valence-electron chi connectivity index (χ3n) is 9.79. The molecule has 1 heterocycles. The predicted molar refractivity (Wildman–Crippen MR) is 226 cm³/mol. The maximum absolute atomic E-state index is 12.6. The van der Waals surface area contributed by atoms with Gasteiger partial charge in [0.05, 0.1) is 25.4 Å². The molecule has 1 aliphatic heterocycles. The molecule has 57 heavy (non-hydrogen) atoms. The Balaban J connectivity index is 2.32. The van der Waals surface area contributed by atoms with Gasteiger partial charge in [0.2, 0.25) is 0 Å². The number of nitrogens with two attached hydrogens (primary N) is 1. The molecule has 13 heteroatoms. The second-order valence-corrected chi connectivity index (χ2v) is 16.7. The standard InChI is InChI=1S/C44H78NO11P/c1-3-5-7-9-11-12-13-14-15-16-17-18-21-25-29-33-42(46)52-35-38(36-53-57(50,51)54-37-39(45)44(48)49)55-43(47)34-30-26-22-19-20-24-28-32-41-40(56-41)31-27-23-10-8-6-4-2/h19,22-24,27-28,38-41H,3-18,20-21,25-26,29-37,45H2,1-2H3,(H,48,49)(H,50,51)/b22-19-,27-23-,28-24-/t38-,39+,40?,41?/m1/s1. The first kappa shape index (κ1) is 52.7. The van der Waals surface area contributed by atoms with Gasteiger partial charge < -0.3 is 29.9 Å². The van der Waals surface area contributed by atoms with Crippen molar-refractivity contribution in [3.05, 3.63) is 36.5 Å². The minimum atomic E-state index is -4.73. The second-order valence-electron chi connectivity index (χ2n) is 15.2. The molecular formula is C44H78NO11P. The SMILES string of the molecule is CCCCC/C=C\CC1OC1C/C=C\C/C=C\CCCC(=O)O[C@H](COC(=O)CCCCCCCCCCCCCCCCC)COP(=O)(O)OC[C@H](N)C(=O)O. The topological polar surface area (TPSA) is 184 Å². The highest BCUT2D eigenvalue weighted by Gasteiger charge is 2.36. The van der Waals surface area contributed by atoms with Gasteiger partial charge in [-0.25, -0.2) is 4.57 Å². The van der Waals surface area contributed by atoms with E-state index in [2.05, 4.69) is 42.7 Å². The van der Waals surface area contributed by atoms with Gasteiger partial charge in [-0.15, -0.1) is 0 Å². The minimum absolute atomic E-state index is 0.0813. The summed E-state index contributed by atoms with van der Waals surface area (Å²) in [6.45, 7) is 2.71. The summed E-state index contributed by atoms with van der Waals surface area (Å²) in [5, 5.41) is 8.89. The van der Waals surface area contributed by atoms with Crippen LogP contribution in [0.5, 0.6) is 0 Å². The largest absolute Gasteiger partial charge is 0.480 e. The number of carbonyl (C=O) groups is 3. The fourth-order valence-electron chi connectivity index (χ4n) is 6.16. The first-order chi connectivity index (χ1) is 27.6. The number of phosphoric ester groups is 1. The number of allylic oxidation sites excluding steroid dienone is 4. The van der Waals surface area contributed by atoms with E-state index in [1.807, 2.05) is 12.2 Å². The summed E-state index contributed by atoms with van der Waals surface area (Å²) in [6, 6.07) is -1.53. The Labute approximate surface area is 344 Å². The fraction of sp³-hybridized carbons (Fsp3) is 0.795. The van der Waals surface area contributed by atoms with E-state index in [9.17, 15) is 23.8 Å². The summed E-state index contributed by atoms with van der Waals surface area (Å²) in [5.41, 5.74) is 5.33. The Morgan fingerprint density at radius 3 is 1.70 bits per heavy atom. The van der Waals surface area contributed by atoms with Crippen LogP contribution in [0, 0.1) is 0 Å². The number of rotatable bonds is 40. The van der Waals surface area contributed by atoms with E-state index >= 15 is 0 Å². The molecule has 0 aromatic heterocycles. The summed E-state index contributed by atoms with van der Waals surface area (Å²) in [6.07, 6.45) is 39.6. The number of carboxylic acids is 1. The van der Waals surface area contributed by atoms with Crippen molar-refractivity contribution < 1.29 is 52.2 Å². The lowest BCUT2D eigenvalue weighted by Crippen LogP contribution is -2.34. The zero-order valence-electron chi connectivity index (χ0n) is 35.4. The van der Waals surface area contributed by atoms with E-state index in [-0.39, 0.29) is 19.4 Å². The minimum Gasteiger partial charge on any atom is -0.480 e. The van der Waals surface area contributed by atoms with Crippen LogP contribution in [-0.2, 0) is 42.2 Å². The third-order valence-corrected chi connectivity index (χ3v) is 10.7. The zero-order valence-corrected chi connectivity index (χ0v) is 36.3. The molecule has 0 bridgehead atoms. The quantitative estimate of drug-likeness (QED) is 0.0175. The predicted octanol–water partition coefficient (Wildman–Crippen LogP) is 10.6. The summed E-state index contributed by atoms with van der Waals surface area (Å²) >= 11 is 0. The molecule has 0 saturated carbocycles. The molecule has 0 amide bonds. The molecule has 0 radical (unpaired) electrons. The van der Waals surface area contributed by atoms with Crippen LogP contribution >= 0.6 is 7.82 Å². The lowest BCUT2D eigenvalue weighted by molar-refractivity contribution is -0.161. The molecule has 1 rings (SSSR count). The molecule has 1 fully saturated rings. The highest BCUT2D eigenvalue weighted by Crippen LogP contribution is 2.43. The molecule has 5 atom stereocenters. The number of aliphatic carboxylic acids is 1. The summed E-state index contributed by atoms with van der Waals surface area (Å²) in [4.78, 5) is 46.0. The van der Waals surface area contributed by atoms with Gasteiger partial charge in [0.15, 0.2) is 6.10 Å². The number of carbonyl (C=O) groups excluding carboxylic acids is 2. The Morgan fingerprint density at radius 1 is 0.632 bits per heavy atom. The maximum atomic E-state index is 12.6. The molecule has 0 aliphatic carbocycles. The molecule has 12 nitrogen and oxygen atoms in total. The normalized spacial score (nSPS) is 17.6. The Bertz CT molecular complexity index is 1180. The van der Waals surface area contributed by atoms with Crippen LogP contribution in [-0.4, -0.2) is 72.1 Å². The van der Waals surface area contributed by atoms with Gasteiger partial charge in [0, 0.05) is 12.8 Å². The van der Waals surface area contributed by atoms with Crippen molar-refractivity contribution in [2.45, 2.75) is 205 Å². The lowest BCUT2D eigenvalue weighted by atomic mass is 10.0. The van der Waals surface area contributed by atoms with E-state index in [1.165, 1.54) is 89.9 Å². The number of hydrogen-bond donors (Lipinski definition) is 3. The second kappa shape index (κ2) is 35.6. The fourth-order valence-corrected chi connectivity index (χ4v) is 6.94. The highest BCUT2D eigenvalue weighted by atomic mass is 31.2. The van der Waals surface area contributed by atoms with Crippen LogP contribution in [0.2, 0.25) is 0 Å². The molecule has 0 aromatic rings. The molecule has 0 aromatic carbocycles. The van der Waals surface area contributed by atoms with E-state index in [4.69, 9.17) is 29.6 Å². The van der Waals surface area contributed by atoms with Crippen LogP contribution in [0.15, 0.2) is 36.5 Å². The Morgan fingerprint density at radius 2 is 1.11 bits per heavy atom. The summed E-state index contributed by atoms with van der Waals surface area (Å²) in [5.74, 6) is -2.45. The van der Waals surface area contributed by atoms with Gasteiger partial charge >= 0.3 is 25.7 Å². The van der Waals surface area contributed by atoms with Crippen LogP contribution in [0.3, 0.4) is 0 Å². The van der Waals surface area contributed by atoms with Gasteiger partial charge in [0.1, 0.15) is 12.6 Å². The Kier molecular flexibility index (Phi) is 32.9. The van der Waals surface area contributed by atoms with Crippen LogP contribution in [0.25, 0.3) is 0 Å². The lowest BCUT2D eigenvalue weighted by Gasteiger charge is -2.20. The average molecular weight is 828 g/mol. The first-order valence-electron chi connectivity index (χ1n) is 22.1. The van der Waals surface area contributed by atoms with Gasteiger partial charge in [-0.3, -0.25) is 23.4 Å². The average Bonchev–Trinajstić information content (AvgIpc) is 3.94. The van der Waals surface area contributed by atoms with Crippen molar-refractivity contribution in [3.63, 3.8) is 0 Å². The van der Waals surface area contributed by atoms with Gasteiger partial charge in [-0.05, 0) is 51.4 Å². The number of ether oxygens (including phenoxy) is 3. The van der Waals surface area contributed by atoms with Crippen molar-refractivity contribution in [1.82, 2.24) is 0 Å². The smallest absolute Gasteiger partial charge is 0.472 e. The molecule has 330 valence electrons. The number of hydrogen-bond acceptors (Lipinski definition) is 10. The molecule has 1 saturated heterocycles. The Hall–Kier alpha value is -2.34. The molecular weight excluding hydrogens is 749 g/mol. The number of phosphoric acid groups is 1. The molecule has 0 spiro atoms. The van der Waals surface area contributed by atoms with Gasteiger partial charge in [-0.2, -0.15) is 0 Å². The number of unbranched alkanes of at least 4 members (excludes halogenated alkanes) is 18. The van der Waals surface area contributed by atoms with Crippen molar-refractivity contribution in [3.8, 4) is 0 Å². The monoisotopic (exact) mass is 828 g/mol. The van der Waals surface area contributed by atoms with Crippen molar-refractivity contribution in [2.75, 3.05) is 19.8 Å². The molecule has 1 aliphatic rings. The van der Waals surface area contributed by atoms with Crippen LogP contribution < -0.4 is 5.73 Å². The number of esters is 2. The van der Waals surface area contributed by atoms with Crippen molar-refractivity contribution in [2.24, 2.45) is 5.73 Å². The van der Waals surface area contributed by atoms with E-state index in [0.29, 0.717) is 31.5 Å². The van der Waals surface area contributed by atoms with E-state index in [1.54, 1.807) is 0 Å². The van der Waals surface area contributed by atoms with Crippen LogP contribution in [0.1, 0.15) is 181 Å². The van der Waals surface area contributed by atoms with Crippen molar-refractivity contribution >= 4 is 25.7 Å². The molecule has 3 unspecified atom stereocenters.